The van der Waals surface area contributed by atoms with Crippen molar-refractivity contribution in [1.82, 2.24) is 10.2 Å². The summed E-state index contributed by atoms with van der Waals surface area (Å²) in [6, 6.07) is 5.12. The summed E-state index contributed by atoms with van der Waals surface area (Å²) in [6.45, 7) is 6.68. The molecule has 1 fully saturated rings. The van der Waals surface area contributed by atoms with Crippen LogP contribution in [0.25, 0.3) is 0 Å². The molecule has 0 spiro atoms. The molecule has 1 amide bonds. The molecule has 0 saturated carbocycles. The van der Waals surface area contributed by atoms with Crippen molar-refractivity contribution >= 4 is 5.91 Å². The number of β-amino-alcohol motifs (C(OH)–C–C–N with tert-alkyl or cyclic N) is 1. The maximum Gasteiger partial charge on any atom is 0.255 e. The molecular formula is C19H30N2O4. The van der Waals surface area contributed by atoms with Gasteiger partial charge < -0.3 is 24.8 Å². The van der Waals surface area contributed by atoms with Crippen molar-refractivity contribution in [3.63, 3.8) is 0 Å². The molecule has 1 atom stereocenters. The van der Waals surface area contributed by atoms with Gasteiger partial charge in [-0.1, -0.05) is 6.42 Å². The van der Waals surface area contributed by atoms with Gasteiger partial charge in [-0.05, 0) is 51.9 Å². The van der Waals surface area contributed by atoms with E-state index in [1.165, 1.54) is 19.3 Å². The van der Waals surface area contributed by atoms with Gasteiger partial charge in [-0.25, -0.2) is 0 Å². The van der Waals surface area contributed by atoms with Crippen LogP contribution in [0.1, 0.15) is 43.5 Å². The first-order valence-electron chi connectivity index (χ1n) is 9.03. The molecule has 1 unspecified atom stereocenters. The Morgan fingerprint density at radius 3 is 2.64 bits per heavy atom. The van der Waals surface area contributed by atoms with E-state index in [4.69, 9.17) is 9.47 Å². The molecule has 140 valence electrons. The summed E-state index contributed by atoms with van der Waals surface area (Å²) in [5.74, 6) is 0.866. The highest BCUT2D eigenvalue weighted by Crippen LogP contribution is 2.25. The number of likely N-dealkylation sites (tertiary alicyclic amines) is 1. The fraction of sp³-hybridized carbons (Fsp3) is 0.632. The van der Waals surface area contributed by atoms with Crippen molar-refractivity contribution in [2.75, 3.05) is 33.3 Å². The number of ether oxygens (including phenoxy) is 2. The number of aliphatic hydroxyl groups is 1. The van der Waals surface area contributed by atoms with E-state index in [0.29, 0.717) is 23.6 Å². The van der Waals surface area contributed by atoms with E-state index in [1.54, 1.807) is 25.3 Å². The van der Waals surface area contributed by atoms with Crippen LogP contribution in [-0.4, -0.2) is 61.4 Å². The van der Waals surface area contributed by atoms with Crippen molar-refractivity contribution < 1.29 is 19.4 Å². The molecule has 25 heavy (non-hydrogen) atoms. The minimum Gasteiger partial charge on any atom is -0.497 e. The Kier molecular flexibility index (Phi) is 7.52. The molecule has 0 aromatic heterocycles. The molecule has 1 saturated heterocycles. The van der Waals surface area contributed by atoms with Gasteiger partial charge >= 0.3 is 0 Å². The number of nitrogens with zero attached hydrogens (tertiary/aromatic N) is 1. The van der Waals surface area contributed by atoms with E-state index >= 15 is 0 Å². The zero-order valence-corrected chi connectivity index (χ0v) is 15.5. The van der Waals surface area contributed by atoms with Gasteiger partial charge in [0.15, 0.2) is 0 Å². The number of rotatable bonds is 8. The van der Waals surface area contributed by atoms with E-state index in [-0.39, 0.29) is 18.6 Å². The number of amides is 1. The third-order valence-corrected chi connectivity index (χ3v) is 4.21. The Hall–Kier alpha value is -1.79. The second-order valence-electron chi connectivity index (χ2n) is 6.75. The van der Waals surface area contributed by atoms with Crippen LogP contribution in [0, 0.1) is 0 Å². The van der Waals surface area contributed by atoms with Crippen molar-refractivity contribution in [2.45, 2.75) is 45.3 Å². The maximum absolute atomic E-state index is 12.5. The smallest absolute Gasteiger partial charge is 0.255 e. The summed E-state index contributed by atoms with van der Waals surface area (Å²) in [6.07, 6.45) is 3.00. The highest BCUT2D eigenvalue weighted by molar-refractivity contribution is 5.97. The number of piperidine rings is 1. The minimum absolute atomic E-state index is 0.0525. The lowest BCUT2D eigenvalue weighted by Gasteiger charge is -2.28. The quantitative estimate of drug-likeness (QED) is 0.751. The summed E-state index contributed by atoms with van der Waals surface area (Å²) in [7, 11) is 1.57. The zero-order chi connectivity index (χ0) is 18.2. The van der Waals surface area contributed by atoms with Gasteiger partial charge in [0.25, 0.3) is 5.91 Å². The lowest BCUT2D eigenvalue weighted by atomic mass is 10.1. The first kappa shape index (κ1) is 19.5. The molecule has 6 heteroatoms. The Balaban J connectivity index is 1.92. The first-order valence-corrected chi connectivity index (χ1v) is 9.03. The predicted molar refractivity (Wildman–Crippen MR) is 97.4 cm³/mol. The van der Waals surface area contributed by atoms with E-state index < -0.39 is 6.10 Å². The van der Waals surface area contributed by atoms with Crippen LogP contribution < -0.4 is 14.8 Å². The van der Waals surface area contributed by atoms with Gasteiger partial charge in [0.2, 0.25) is 0 Å². The van der Waals surface area contributed by atoms with Crippen LogP contribution in [0.3, 0.4) is 0 Å². The van der Waals surface area contributed by atoms with E-state index in [2.05, 4.69) is 10.2 Å². The summed E-state index contributed by atoms with van der Waals surface area (Å²) in [5, 5.41) is 13.0. The molecule has 0 aliphatic carbocycles. The number of carbonyl (C=O) groups is 1. The zero-order valence-electron chi connectivity index (χ0n) is 15.5. The molecule has 1 aliphatic rings. The van der Waals surface area contributed by atoms with Crippen LogP contribution in [0.5, 0.6) is 11.5 Å². The maximum atomic E-state index is 12.5. The third-order valence-electron chi connectivity index (χ3n) is 4.21. The number of hydrogen-bond acceptors (Lipinski definition) is 5. The van der Waals surface area contributed by atoms with Crippen molar-refractivity contribution in [3.05, 3.63) is 23.8 Å². The Labute approximate surface area is 150 Å². The van der Waals surface area contributed by atoms with Crippen molar-refractivity contribution in [2.24, 2.45) is 0 Å². The second kappa shape index (κ2) is 9.63. The molecule has 1 aliphatic heterocycles. The summed E-state index contributed by atoms with van der Waals surface area (Å²) < 4.78 is 10.9. The molecule has 1 aromatic carbocycles. The number of methoxy groups -OCH3 is 1. The summed E-state index contributed by atoms with van der Waals surface area (Å²) in [4.78, 5) is 14.7. The van der Waals surface area contributed by atoms with Gasteiger partial charge in [0, 0.05) is 19.2 Å². The molecular weight excluding hydrogens is 320 g/mol. The largest absolute Gasteiger partial charge is 0.497 e. The van der Waals surface area contributed by atoms with Crippen molar-refractivity contribution in [1.29, 1.82) is 0 Å². The van der Waals surface area contributed by atoms with E-state index in [0.717, 1.165) is 13.1 Å². The number of carbonyl (C=O) groups excluding carboxylic acids is 1. The second-order valence-corrected chi connectivity index (χ2v) is 6.75. The Morgan fingerprint density at radius 1 is 1.28 bits per heavy atom. The van der Waals surface area contributed by atoms with Gasteiger partial charge in [-0.3, -0.25) is 4.79 Å². The average Bonchev–Trinajstić information content (AvgIpc) is 2.60. The van der Waals surface area contributed by atoms with Gasteiger partial charge in [0.1, 0.15) is 11.5 Å². The average molecular weight is 350 g/mol. The third kappa shape index (κ3) is 6.21. The highest BCUT2D eigenvalue weighted by Gasteiger charge is 2.18. The highest BCUT2D eigenvalue weighted by atomic mass is 16.5. The fourth-order valence-electron chi connectivity index (χ4n) is 2.98. The van der Waals surface area contributed by atoms with Crippen LogP contribution in [0.4, 0.5) is 0 Å². The first-order chi connectivity index (χ1) is 12.0. The minimum atomic E-state index is -0.574. The number of hydrogen-bond donors (Lipinski definition) is 2. The molecule has 1 heterocycles. The van der Waals surface area contributed by atoms with Crippen LogP contribution in [0.15, 0.2) is 18.2 Å². The lowest BCUT2D eigenvalue weighted by molar-refractivity contribution is 0.0826. The van der Waals surface area contributed by atoms with E-state index in [9.17, 15) is 9.90 Å². The SMILES string of the molecule is COc1ccc(C(=O)NCC(O)CN2CCCCC2)c(OC(C)C)c1. The predicted octanol–water partition coefficient (Wildman–Crippen LogP) is 2.06. The normalized spacial score (nSPS) is 16.5. The molecule has 0 bridgehead atoms. The molecule has 1 aromatic rings. The standard InChI is InChI=1S/C19H30N2O4/c1-14(2)25-18-11-16(24-3)7-8-17(18)19(23)20-12-15(22)13-21-9-5-4-6-10-21/h7-8,11,14-15,22H,4-6,9-10,12-13H2,1-3H3,(H,20,23). The fourth-order valence-corrected chi connectivity index (χ4v) is 2.98. The van der Waals surface area contributed by atoms with Gasteiger partial charge in [-0.15, -0.1) is 0 Å². The number of benzene rings is 1. The number of nitrogens with one attached hydrogen (secondary N) is 1. The Bertz CT molecular complexity index is 556. The molecule has 2 rings (SSSR count). The van der Waals surface area contributed by atoms with Gasteiger partial charge in [-0.2, -0.15) is 0 Å². The number of aliphatic hydroxyl groups excluding tert-OH is 1. The summed E-state index contributed by atoms with van der Waals surface area (Å²) >= 11 is 0. The van der Waals surface area contributed by atoms with Crippen LogP contribution >= 0.6 is 0 Å². The molecule has 0 radical (unpaired) electrons. The van der Waals surface area contributed by atoms with Gasteiger partial charge in [0.05, 0.1) is 24.9 Å². The molecule has 6 nitrogen and oxygen atoms in total. The lowest BCUT2D eigenvalue weighted by Crippen LogP contribution is -2.42. The van der Waals surface area contributed by atoms with Crippen LogP contribution in [-0.2, 0) is 0 Å². The molecule has 2 N–H and O–H groups in total. The monoisotopic (exact) mass is 350 g/mol. The Morgan fingerprint density at radius 2 is 2.00 bits per heavy atom. The topological polar surface area (TPSA) is 71.0 Å². The van der Waals surface area contributed by atoms with E-state index in [1.807, 2.05) is 13.8 Å². The van der Waals surface area contributed by atoms with Crippen molar-refractivity contribution in [3.8, 4) is 11.5 Å². The van der Waals surface area contributed by atoms with Crippen LogP contribution in [0.2, 0.25) is 0 Å². The summed E-state index contributed by atoms with van der Waals surface area (Å²) in [5.41, 5.74) is 0.444.